The Kier molecular flexibility index (Phi) is 3.59. The molecule has 1 N–H and O–H groups in total. The molecule has 6 rings (SSSR count). The highest BCUT2D eigenvalue weighted by atomic mass is 16.2. The van der Waals surface area contributed by atoms with Crippen molar-refractivity contribution in [1.82, 2.24) is 20.3 Å². The van der Waals surface area contributed by atoms with Crippen LogP contribution in [0.2, 0.25) is 0 Å². The van der Waals surface area contributed by atoms with Crippen molar-refractivity contribution >= 4 is 5.91 Å². The van der Waals surface area contributed by atoms with Crippen LogP contribution in [0, 0.1) is 5.92 Å². The smallest absolute Gasteiger partial charge is 0.241 e. The number of amides is 1. The molecule has 130 valence electrons. The molecule has 5 nitrogen and oxygen atoms in total. The van der Waals surface area contributed by atoms with Crippen LogP contribution < -0.4 is 5.32 Å². The number of fused-ring (bicyclic) bond motifs is 1. The number of hydrogen-bond donors (Lipinski definition) is 1. The molecular weight excluding hydrogens is 324 g/mol. The lowest BCUT2D eigenvalue weighted by Crippen LogP contribution is -2.40. The molecule has 1 aromatic heterocycles. The van der Waals surface area contributed by atoms with Crippen LogP contribution >= 0.6 is 0 Å². The van der Waals surface area contributed by atoms with E-state index in [1.54, 1.807) is 17.1 Å². The third-order valence-corrected chi connectivity index (χ3v) is 5.76. The number of nitrogens with one attached hydrogen (secondary N) is 1. The summed E-state index contributed by atoms with van der Waals surface area (Å²) in [5.74, 6) is 1.20. The van der Waals surface area contributed by atoms with Gasteiger partial charge in [0.2, 0.25) is 5.91 Å². The van der Waals surface area contributed by atoms with Crippen molar-refractivity contribution in [3.05, 3.63) is 83.2 Å². The Hall–Kier alpha value is -2.95. The van der Waals surface area contributed by atoms with E-state index in [1.807, 2.05) is 0 Å². The summed E-state index contributed by atoms with van der Waals surface area (Å²) in [6.07, 6.45) is 4.37. The lowest BCUT2D eigenvalue weighted by molar-refractivity contribution is -0.122. The van der Waals surface area contributed by atoms with E-state index in [1.165, 1.54) is 22.3 Å². The molecule has 3 aromatic rings. The summed E-state index contributed by atoms with van der Waals surface area (Å²) in [7, 11) is 0. The van der Waals surface area contributed by atoms with Gasteiger partial charge in [0.05, 0.1) is 6.20 Å². The first-order valence-electron chi connectivity index (χ1n) is 9.09. The van der Waals surface area contributed by atoms with Crippen molar-refractivity contribution < 1.29 is 4.79 Å². The summed E-state index contributed by atoms with van der Waals surface area (Å²) in [4.78, 5) is 12.3. The van der Waals surface area contributed by atoms with E-state index < -0.39 is 0 Å². The van der Waals surface area contributed by atoms with Gasteiger partial charge in [-0.25, -0.2) is 4.68 Å². The van der Waals surface area contributed by atoms with E-state index in [2.05, 4.69) is 64.2 Å². The zero-order valence-corrected chi connectivity index (χ0v) is 14.4. The normalized spacial score (nSPS) is 22.5. The maximum atomic E-state index is 12.3. The largest absolute Gasteiger partial charge is 0.354 e. The Balaban J connectivity index is 1.39. The second-order valence-corrected chi connectivity index (χ2v) is 7.19. The molecule has 0 radical (unpaired) electrons. The number of benzene rings is 2. The summed E-state index contributed by atoms with van der Waals surface area (Å²) in [6.45, 7) is 0.908. The van der Waals surface area contributed by atoms with Crippen molar-refractivity contribution in [2.24, 2.45) is 5.92 Å². The fraction of sp³-hybridized carbons (Fsp3) is 0.286. The van der Waals surface area contributed by atoms with E-state index in [0.29, 0.717) is 24.3 Å². The fourth-order valence-corrected chi connectivity index (χ4v) is 4.72. The van der Waals surface area contributed by atoms with Gasteiger partial charge in [0.25, 0.3) is 0 Å². The maximum Gasteiger partial charge on any atom is 0.241 e. The van der Waals surface area contributed by atoms with E-state index in [4.69, 9.17) is 0 Å². The van der Waals surface area contributed by atoms with Gasteiger partial charge in [-0.2, -0.15) is 0 Å². The third-order valence-electron chi connectivity index (χ3n) is 5.76. The molecule has 0 fully saturated rings. The van der Waals surface area contributed by atoms with Crippen molar-refractivity contribution in [3.8, 4) is 0 Å². The van der Waals surface area contributed by atoms with Gasteiger partial charge in [0.1, 0.15) is 6.54 Å². The first kappa shape index (κ1) is 15.3. The zero-order chi connectivity index (χ0) is 17.5. The van der Waals surface area contributed by atoms with Crippen molar-refractivity contribution in [2.45, 2.75) is 24.8 Å². The van der Waals surface area contributed by atoms with Crippen LogP contribution in [-0.2, 0) is 11.3 Å². The standard InChI is InChI=1S/C21H20N4O/c26-20(13-25-10-9-23-24-25)22-12-14-11-19-15-5-1-3-7-17(15)21(14)18-8-4-2-6-16(18)19/h1-10,14,19,21H,11-13H2,(H,22,26)/t14-,19?,21?/m1/s1. The molecule has 0 saturated carbocycles. The van der Waals surface area contributed by atoms with Gasteiger partial charge < -0.3 is 5.32 Å². The first-order valence-corrected chi connectivity index (χ1v) is 9.09. The molecule has 5 heteroatoms. The summed E-state index contributed by atoms with van der Waals surface area (Å²) < 4.78 is 1.55. The molecule has 3 aliphatic carbocycles. The maximum absolute atomic E-state index is 12.3. The lowest BCUT2D eigenvalue weighted by atomic mass is 9.59. The van der Waals surface area contributed by atoms with E-state index in [9.17, 15) is 4.79 Å². The molecule has 26 heavy (non-hydrogen) atoms. The average Bonchev–Trinajstić information content (AvgIpc) is 3.19. The Bertz CT molecular complexity index is 903. The molecule has 3 aliphatic rings. The molecule has 2 aromatic carbocycles. The van der Waals surface area contributed by atoms with Crippen LogP contribution in [0.4, 0.5) is 0 Å². The molecule has 0 spiro atoms. The number of carbonyl (C=O) groups excluding carboxylic acids is 1. The number of nitrogens with zero attached hydrogens (tertiary/aromatic N) is 3. The Labute approximate surface area is 152 Å². The van der Waals surface area contributed by atoms with Crippen LogP contribution in [0.1, 0.15) is 40.5 Å². The van der Waals surface area contributed by atoms with Crippen LogP contribution in [0.3, 0.4) is 0 Å². The van der Waals surface area contributed by atoms with Crippen molar-refractivity contribution in [3.63, 3.8) is 0 Å². The van der Waals surface area contributed by atoms with Gasteiger partial charge in [-0.3, -0.25) is 4.79 Å². The Morgan fingerprint density at radius 3 is 2.31 bits per heavy atom. The molecule has 2 bridgehead atoms. The summed E-state index contributed by atoms with van der Waals surface area (Å²) >= 11 is 0. The molecule has 0 aliphatic heterocycles. The van der Waals surface area contributed by atoms with Gasteiger partial charge >= 0.3 is 0 Å². The molecular formula is C21H20N4O. The SMILES string of the molecule is O=C(Cn1ccnn1)NC[C@H]1CC2c3ccccc3C1c1ccccc12. The van der Waals surface area contributed by atoms with Gasteiger partial charge in [-0.05, 0) is 34.6 Å². The second kappa shape index (κ2) is 6.09. The summed E-state index contributed by atoms with van der Waals surface area (Å²) in [6, 6.07) is 17.6. The lowest BCUT2D eigenvalue weighted by Gasteiger charge is -2.45. The van der Waals surface area contributed by atoms with Crippen molar-refractivity contribution in [2.75, 3.05) is 6.54 Å². The van der Waals surface area contributed by atoms with Crippen LogP contribution in [0.15, 0.2) is 60.9 Å². The van der Waals surface area contributed by atoms with Crippen LogP contribution in [-0.4, -0.2) is 27.4 Å². The zero-order valence-electron chi connectivity index (χ0n) is 14.4. The van der Waals surface area contributed by atoms with Gasteiger partial charge in [-0.15, -0.1) is 5.10 Å². The van der Waals surface area contributed by atoms with Gasteiger partial charge in [0.15, 0.2) is 0 Å². The predicted molar refractivity (Wildman–Crippen MR) is 97.7 cm³/mol. The number of hydrogen-bond acceptors (Lipinski definition) is 3. The summed E-state index contributed by atoms with van der Waals surface area (Å²) in [5, 5.41) is 10.7. The number of carbonyl (C=O) groups is 1. The summed E-state index contributed by atoms with van der Waals surface area (Å²) in [5.41, 5.74) is 5.78. The van der Waals surface area contributed by atoms with Gasteiger partial charge in [-0.1, -0.05) is 53.7 Å². The predicted octanol–water partition coefficient (Wildman–Crippen LogP) is 2.69. The molecule has 1 atom stereocenters. The van der Waals surface area contributed by atoms with E-state index in [-0.39, 0.29) is 12.5 Å². The van der Waals surface area contributed by atoms with E-state index >= 15 is 0 Å². The van der Waals surface area contributed by atoms with Gasteiger partial charge in [0, 0.05) is 24.6 Å². The third kappa shape index (κ3) is 2.43. The number of rotatable bonds is 4. The Morgan fingerprint density at radius 1 is 1.04 bits per heavy atom. The van der Waals surface area contributed by atoms with Crippen LogP contribution in [0.25, 0.3) is 0 Å². The first-order chi connectivity index (χ1) is 12.8. The highest BCUT2D eigenvalue weighted by Crippen LogP contribution is 2.55. The highest BCUT2D eigenvalue weighted by Gasteiger charge is 2.42. The Morgan fingerprint density at radius 2 is 1.69 bits per heavy atom. The minimum atomic E-state index is -0.0153. The second-order valence-electron chi connectivity index (χ2n) is 7.19. The minimum Gasteiger partial charge on any atom is -0.354 e. The number of aromatic nitrogens is 3. The van der Waals surface area contributed by atoms with E-state index in [0.717, 1.165) is 6.42 Å². The molecule has 1 amide bonds. The topological polar surface area (TPSA) is 59.8 Å². The van der Waals surface area contributed by atoms with Crippen molar-refractivity contribution in [1.29, 1.82) is 0 Å². The quantitative estimate of drug-likeness (QED) is 0.792. The molecule has 0 unspecified atom stereocenters. The highest BCUT2D eigenvalue weighted by molar-refractivity contribution is 5.75. The minimum absolute atomic E-state index is 0.0153. The average molecular weight is 344 g/mol. The molecule has 0 saturated heterocycles. The fourth-order valence-electron chi connectivity index (χ4n) is 4.72. The van der Waals surface area contributed by atoms with Crippen LogP contribution in [0.5, 0.6) is 0 Å². The monoisotopic (exact) mass is 344 g/mol. The molecule has 1 heterocycles.